The van der Waals surface area contributed by atoms with E-state index >= 15 is 0 Å². The van der Waals surface area contributed by atoms with Crippen molar-refractivity contribution in [1.29, 1.82) is 0 Å². The molecule has 0 aliphatic carbocycles. The Kier molecular flexibility index (Phi) is 7.68. The van der Waals surface area contributed by atoms with Gasteiger partial charge in [-0.3, -0.25) is 9.59 Å². The summed E-state index contributed by atoms with van der Waals surface area (Å²) in [6.07, 6.45) is 0.584. The summed E-state index contributed by atoms with van der Waals surface area (Å²) in [6, 6.07) is 12.8. The van der Waals surface area contributed by atoms with Gasteiger partial charge in [0.25, 0.3) is 11.7 Å². The summed E-state index contributed by atoms with van der Waals surface area (Å²) >= 11 is 5.94. The first kappa shape index (κ1) is 22.8. The number of nitrogens with one attached hydrogen (secondary N) is 1. The lowest BCUT2D eigenvalue weighted by Gasteiger charge is -2.25. The van der Waals surface area contributed by atoms with E-state index in [1.54, 1.807) is 55.6 Å². The molecule has 3 N–H and O–H groups in total. The zero-order chi connectivity index (χ0) is 22.4. The lowest BCUT2D eigenvalue weighted by Crippen LogP contribution is -2.32. The maximum Gasteiger partial charge on any atom is 0.295 e. The number of Topliss-reactive ketones (excluding diaryl/α,β-unsaturated/α-hetero) is 1. The first-order chi connectivity index (χ1) is 15.0. The van der Waals surface area contributed by atoms with Gasteiger partial charge in [0.15, 0.2) is 0 Å². The SMILES string of the molecule is COc1ccc(C2/C(=C(/O)c3ccc(Cl)cc3)C(=O)C(=O)N2CCCNCCO)cc1. The van der Waals surface area contributed by atoms with E-state index in [1.165, 1.54) is 4.90 Å². The fourth-order valence-electron chi connectivity index (χ4n) is 3.59. The van der Waals surface area contributed by atoms with Crippen LogP contribution in [0.25, 0.3) is 5.76 Å². The largest absolute Gasteiger partial charge is 0.507 e. The minimum atomic E-state index is -0.725. The molecule has 1 aliphatic rings. The Balaban J connectivity index is 2.00. The molecule has 0 aromatic heterocycles. The molecule has 1 amide bonds. The summed E-state index contributed by atoms with van der Waals surface area (Å²) in [6.45, 7) is 1.38. The van der Waals surface area contributed by atoms with Gasteiger partial charge in [0.1, 0.15) is 11.5 Å². The number of ether oxygens (including phenoxy) is 1. The molecule has 0 spiro atoms. The van der Waals surface area contributed by atoms with Crippen LogP contribution in [0.2, 0.25) is 5.02 Å². The van der Waals surface area contributed by atoms with E-state index < -0.39 is 17.7 Å². The van der Waals surface area contributed by atoms with Crippen LogP contribution in [0, 0.1) is 0 Å². The molecule has 2 aromatic carbocycles. The highest BCUT2D eigenvalue weighted by molar-refractivity contribution is 6.46. The summed E-state index contributed by atoms with van der Waals surface area (Å²) in [4.78, 5) is 27.3. The first-order valence-electron chi connectivity index (χ1n) is 9.97. The van der Waals surface area contributed by atoms with Crippen LogP contribution < -0.4 is 10.1 Å². The Morgan fingerprint density at radius 2 is 1.77 bits per heavy atom. The van der Waals surface area contributed by atoms with E-state index in [4.69, 9.17) is 21.4 Å². The maximum atomic E-state index is 12.9. The molecule has 0 saturated carbocycles. The zero-order valence-electron chi connectivity index (χ0n) is 17.2. The van der Waals surface area contributed by atoms with Crippen molar-refractivity contribution in [2.75, 3.05) is 33.4 Å². The van der Waals surface area contributed by atoms with Gasteiger partial charge in [0.2, 0.25) is 0 Å². The van der Waals surface area contributed by atoms with Gasteiger partial charge in [-0.15, -0.1) is 0 Å². The average molecular weight is 445 g/mol. The summed E-state index contributed by atoms with van der Waals surface area (Å²) < 4.78 is 5.21. The number of halogens is 1. The second kappa shape index (κ2) is 10.4. The van der Waals surface area contributed by atoms with E-state index in [1.807, 2.05) is 0 Å². The molecule has 1 saturated heterocycles. The summed E-state index contributed by atoms with van der Waals surface area (Å²) in [5, 5.41) is 23.4. The van der Waals surface area contributed by atoms with Crippen molar-refractivity contribution in [2.45, 2.75) is 12.5 Å². The molecule has 7 nitrogen and oxygen atoms in total. The van der Waals surface area contributed by atoms with Crippen molar-refractivity contribution in [2.24, 2.45) is 0 Å². The van der Waals surface area contributed by atoms with Gasteiger partial charge < -0.3 is 25.2 Å². The van der Waals surface area contributed by atoms with E-state index in [0.29, 0.717) is 48.0 Å². The number of benzene rings is 2. The van der Waals surface area contributed by atoms with E-state index in [2.05, 4.69) is 5.32 Å². The molecule has 1 heterocycles. The van der Waals surface area contributed by atoms with Crippen molar-refractivity contribution in [1.82, 2.24) is 10.2 Å². The summed E-state index contributed by atoms with van der Waals surface area (Å²) in [5.41, 5.74) is 1.14. The number of rotatable bonds is 9. The Morgan fingerprint density at radius 1 is 1.10 bits per heavy atom. The van der Waals surface area contributed by atoms with Crippen molar-refractivity contribution in [3.8, 4) is 5.75 Å². The third kappa shape index (κ3) is 5.07. The fourth-order valence-corrected chi connectivity index (χ4v) is 3.71. The highest BCUT2D eigenvalue weighted by Crippen LogP contribution is 2.39. The minimum Gasteiger partial charge on any atom is -0.507 e. The van der Waals surface area contributed by atoms with Crippen LogP contribution in [0.15, 0.2) is 54.1 Å². The third-order valence-corrected chi connectivity index (χ3v) is 5.38. The average Bonchev–Trinajstić information content (AvgIpc) is 3.04. The zero-order valence-corrected chi connectivity index (χ0v) is 17.9. The number of hydrogen-bond donors (Lipinski definition) is 3. The number of likely N-dealkylation sites (tertiary alicyclic amines) is 1. The normalized spacial score (nSPS) is 17.9. The Hall–Kier alpha value is -2.87. The number of carbonyl (C=O) groups excluding carboxylic acids is 2. The molecule has 0 radical (unpaired) electrons. The van der Waals surface area contributed by atoms with Crippen molar-refractivity contribution >= 4 is 29.1 Å². The van der Waals surface area contributed by atoms with Crippen LogP contribution >= 0.6 is 11.6 Å². The number of methoxy groups -OCH3 is 1. The quantitative estimate of drug-likeness (QED) is 0.238. The number of hydrogen-bond acceptors (Lipinski definition) is 6. The first-order valence-corrected chi connectivity index (χ1v) is 10.4. The van der Waals surface area contributed by atoms with Crippen molar-refractivity contribution in [3.05, 3.63) is 70.3 Å². The lowest BCUT2D eigenvalue weighted by atomic mass is 9.95. The summed E-state index contributed by atoms with van der Waals surface area (Å²) in [7, 11) is 1.56. The molecular weight excluding hydrogens is 420 g/mol. The molecule has 8 heteroatoms. The number of nitrogens with zero attached hydrogens (tertiary/aromatic N) is 1. The van der Waals surface area contributed by atoms with Gasteiger partial charge in [-0.2, -0.15) is 0 Å². The van der Waals surface area contributed by atoms with Crippen LogP contribution in [-0.2, 0) is 9.59 Å². The predicted octanol–water partition coefficient (Wildman–Crippen LogP) is 2.74. The molecule has 0 bridgehead atoms. The molecule has 1 fully saturated rings. The number of ketones is 1. The topological polar surface area (TPSA) is 99.1 Å². The van der Waals surface area contributed by atoms with Crippen LogP contribution in [-0.4, -0.2) is 60.2 Å². The van der Waals surface area contributed by atoms with Gasteiger partial charge in [-0.1, -0.05) is 23.7 Å². The minimum absolute atomic E-state index is 0.0253. The van der Waals surface area contributed by atoms with E-state index in [0.717, 1.165) is 0 Å². The Labute approximate surface area is 185 Å². The van der Waals surface area contributed by atoms with Crippen LogP contribution in [0.3, 0.4) is 0 Å². The molecule has 1 aliphatic heterocycles. The number of aliphatic hydroxyl groups is 2. The van der Waals surface area contributed by atoms with Gasteiger partial charge in [0, 0.05) is 23.7 Å². The maximum absolute atomic E-state index is 12.9. The van der Waals surface area contributed by atoms with Gasteiger partial charge in [0.05, 0.1) is 25.3 Å². The molecule has 2 aromatic rings. The lowest BCUT2D eigenvalue weighted by molar-refractivity contribution is -0.139. The van der Waals surface area contributed by atoms with Crippen LogP contribution in [0.1, 0.15) is 23.6 Å². The van der Waals surface area contributed by atoms with Crippen molar-refractivity contribution in [3.63, 3.8) is 0 Å². The molecule has 164 valence electrons. The molecular formula is C23H25ClN2O5. The van der Waals surface area contributed by atoms with Gasteiger partial charge >= 0.3 is 0 Å². The van der Waals surface area contributed by atoms with E-state index in [9.17, 15) is 14.7 Å². The second-order valence-corrected chi connectivity index (χ2v) is 7.54. The predicted molar refractivity (Wildman–Crippen MR) is 118 cm³/mol. The standard InChI is InChI=1S/C23H25ClN2O5/c1-31-18-9-5-15(6-10-18)20-19(21(28)16-3-7-17(24)8-4-16)22(29)23(30)26(20)13-2-11-25-12-14-27/h3-10,20,25,27-28H,2,11-14H2,1H3/b21-19-. The van der Waals surface area contributed by atoms with Crippen LogP contribution in [0.5, 0.6) is 5.75 Å². The molecule has 1 atom stereocenters. The second-order valence-electron chi connectivity index (χ2n) is 7.10. The molecule has 3 rings (SSSR count). The summed E-state index contributed by atoms with van der Waals surface area (Å²) in [5.74, 6) is -0.974. The Morgan fingerprint density at radius 3 is 2.39 bits per heavy atom. The highest BCUT2D eigenvalue weighted by atomic mass is 35.5. The van der Waals surface area contributed by atoms with Gasteiger partial charge in [-0.05, 0) is 54.9 Å². The third-order valence-electron chi connectivity index (χ3n) is 5.13. The highest BCUT2D eigenvalue weighted by Gasteiger charge is 2.45. The smallest absolute Gasteiger partial charge is 0.295 e. The van der Waals surface area contributed by atoms with E-state index in [-0.39, 0.29) is 17.9 Å². The molecule has 1 unspecified atom stereocenters. The monoisotopic (exact) mass is 444 g/mol. The van der Waals surface area contributed by atoms with Crippen molar-refractivity contribution < 1.29 is 24.5 Å². The number of aliphatic hydroxyl groups excluding tert-OH is 2. The number of carbonyl (C=O) groups is 2. The fraction of sp³-hybridized carbons (Fsp3) is 0.304. The van der Waals surface area contributed by atoms with Crippen LogP contribution in [0.4, 0.5) is 0 Å². The number of amides is 1. The van der Waals surface area contributed by atoms with Gasteiger partial charge in [-0.25, -0.2) is 0 Å². The molecule has 31 heavy (non-hydrogen) atoms. The Bertz CT molecular complexity index is 957.